The van der Waals surface area contributed by atoms with Crippen LogP contribution in [0.3, 0.4) is 0 Å². The molecule has 0 saturated carbocycles. The molecular weight excluding hydrogens is 242 g/mol. The van der Waals surface area contributed by atoms with Crippen molar-refractivity contribution < 1.29 is 9.26 Å². The Morgan fingerprint density at radius 1 is 1.32 bits per heavy atom. The second-order valence-corrected chi connectivity index (χ2v) is 4.96. The first kappa shape index (κ1) is 12.2. The number of aromatic nitrogens is 2. The monoisotopic (exact) mass is 259 g/mol. The van der Waals surface area contributed by atoms with Crippen molar-refractivity contribution in [1.82, 2.24) is 10.1 Å². The maximum absolute atomic E-state index is 5.36. The number of nitrogens with zero attached hydrogens (tertiary/aromatic N) is 3. The van der Waals surface area contributed by atoms with Gasteiger partial charge in [0.25, 0.3) is 5.89 Å². The molecule has 2 heterocycles. The van der Waals surface area contributed by atoms with E-state index >= 15 is 0 Å². The zero-order valence-electron chi connectivity index (χ0n) is 11.2. The molecule has 1 saturated heterocycles. The second kappa shape index (κ2) is 5.01. The van der Waals surface area contributed by atoms with Crippen molar-refractivity contribution in [3.05, 3.63) is 30.1 Å². The molecule has 0 radical (unpaired) electrons. The third-order valence-corrected chi connectivity index (χ3v) is 3.35. The van der Waals surface area contributed by atoms with Crippen LogP contribution in [0.15, 0.2) is 28.8 Å². The molecule has 1 fully saturated rings. The first-order chi connectivity index (χ1) is 9.24. The Labute approximate surface area is 112 Å². The summed E-state index contributed by atoms with van der Waals surface area (Å²) in [6.07, 6.45) is 0.969. The Bertz CT molecular complexity index is 559. The van der Waals surface area contributed by atoms with Crippen LogP contribution in [0.4, 0.5) is 5.69 Å². The smallest absolute Gasteiger partial charge is 0.258 e. The molecule has 5 nitrogen and oxygen atoms in total. The van der Waals surface area contributed by atoms with Crippen molar-refractivity contribution >= 4 is 5.69 Å². The van der Waals surface area contributed by atoms with Crippen LogP contribution in [0.2, 0.25) is 0 Å². The van der Waals surface area contributed by atoms with Crippen molar-refractivity contribution in [1.29, 1.82) is 0 Å². The number of anilines is 1. The molecule has 1 atom stereocenters. The highest BCUT2D eigenvalue weighted by Crippen LogP contribution is 2.27. The van der Waals surface area contributed by atoms with Gasteiger partial charge in [-0.25, -0.2) is 0 Å². The molecule has 0 unspecified atom stereocenters. The van der Waals surface area contributed by atoms with E-state index in [9.17, 15) is 0 Å². The maximum atomic E-state index is 5.36. The summed E-state index contributed by atoms with van der Waals surface area (Å²) < 4.78 is 10.7. The van der Waals surface area contributed by atoms with Gasteiger partial charge in [0, 0.05) is 37.9 Å². The van der Waals surface area contributed by atoms with Gasteiger partial charge >= 0.3 is 0 Å². The van der Waals surface area contributed by atoms with Crippen LogP contribution in [-0.4, -0.2) is 37.4 Å². The van der Waals surface area contributed by atoms with Gasteiger partial charge in [-0.2, -0.15) is 4.98 Å². The zero-order chi connectivity index (χ0) is 13.2. The van der Waals surface area contributed by atoms with Gasteiger partial charge in [0.05, 0.1) is 6.61 Å². The van der Waals surface area contributed by atoms with E-state index in [0.717, 1.165) is 30.1 Å². The van der Waals surface area contributed by atoms with E-state index < -0.39 is 0 Å². The number of hydrogen-bond donors (Lipinski definition) is 0. The molecule has 0 amide bonds. The van der Waals surface area contributed by atoms with Crippen molar-refractivity contribution in [2.45, 2.75) is 12.3 Å². The van der Waals surface area contributed by atoms with Crippen molar-refractivity contribution in [2.75, 3.05) is 32.2 Å². The van der Waals surface area contributed by atoms with Crippen LogP contribution in [0.1, 0.15) is 18.2 Å². The van der Waals surface area contributed by atoms with Gasteiger partial charge in [0.1, 0.15) is 0 Å². The second-order valence-electron chi connectivity index (χ2n) is 4.96. The Morgan fingerprint density at radius 2 is 2.21 bits per heavy atom. The largest absolute Gasteiger partial charge is 0.381 e. The van der Waals surface area contributed by atoms with Gasteiger partial charge in [-0.3, -0.25) is 0 Å². The Balaban J connectivity index is 1.87. The summed E-state index contributed by atoms with van der Waals surface area (Å²) in [5.74, 6) is 1.60. The molecule has 19 heavy (non-hydrogen) atoms. The summed E-state index contributed by atoms with van der Waals surface area (Å²) in [6.45, 7) is 1.47. The average Bonchev–Trinajstić information content (AvgIpc) is 3.09. The lowest BCUT2D eigenvalue weighted by molar-refractivity contribution is 0.192. The van der Waals surface area contributed by atoms with E-state index in [0.29, 0.717) is 12.5 Å². The fourth-order valence-corrected chi connectivity index (χ4v) is 2.17. The third-order valence-electron chi connectivity index (χ3n) is 3.35. The molecule has 0 spiro atoms. The first-order valence-electron chi connectivity index (χ1n) is 6.43. The van der Waals surface area contributed by atoms with Crippen LogP contribution >= 0.6 is 0 Å². The lowest BCUT2D eigenvalue weighted by Crippen LogP contribution is -2.08. The maximum Gasteiger partial charge on any atom is 0.258 e. The Hall–Kier alpha value is -1.88. The molecule has 0 aliphatic carbocycles. The summed E-state index contributed by atoms with van der Waals surface area (Å²) >= 11 is 0. The van der Waals surface area contributed by atoms with E-state index in [-0.39, 0.29) is 5.92 Å². The van der Waals surface area contributed by atoms with Crippen LogP contribution in [0, 0.1) is 0 Å². The molecule has 0 N–H and O–H groups in total. The van der Waals surface area contributed by atoms with Crippen molar-refractivity contribution in [2.24, 2.45) is 0 Å². The van der Waals surface area contributed by atoms with Crippen LogP contribution in [0.25, 0.3) is 11.5 Å². The molecule has 1 aromatic carbocycles. The predicted molar refractivity (Wildman–Crippen MR) is 72.2 cm³/mol. The predicted octanol–water partition coefficient (Wildman–Crippen LogP) is 2.31. The standard InChI is InChI=1S/C14H17N3O2/c1-17(2)12-5-3-4-10(8-12)14-15-13(16-19-14)11-6-7-18-9-11/h3-5,8,11H,6-7,9H2,1-2H3/t11-/m1/s1. The fourth-order valence-electron chi connectivity index (χ4n) is 2.17. The Kier molecular flexibility index (Phi) is 3.21. The van der Waals surface area contributed by atoms with Gasteiger partial charge < -0.3 is 14.2 Å². The normalized spacial score (nSPS) is 18.7. The molecule has 2 aromatic rings. The van der Waals surface area contributed by atoms with Gasteiger partial charge in [-0.05, 0) is 24.6 Å². The highest BCUT2D eigenvalue weighted by atomic mass is 16.5. The summed E-state index contributed by atoms with van der Waals surface area (Å²) in [7, 11) is 4.02. The number of rotatable bonds is 3. The molecule has 3 rings (SSSR count). The van der Waals surface area contributed by atoms with E-state index in [2.05, 4.69) is 10.1 Å². The number of hydrogen-bond acceptors (Lipinski definition) is 5. The van der Waals surface area contributed by atoms with Gasteiger partial charge in [0.2, 0.25) is 0 Å². The van der Waals surface area contributed by atoms with Crippen molar-refractivity contribution in [3.63, 3.8) is 0 Å². The number of ether oxygens (including phenoxy) is 1. The van der Waals surface area contributed by atoms with Crippen LogP contribution in [0.5, 0.6) is 0 Å². The molecule has 1 aromatic heterocycles. The highest BCUT2D eigenvalue weighted by Gasteiger charge is 2.23. The van der Waals surface area contributed by atoms with E-state index in [4.69, 9.17) is 9.26 Å². The van der Waals surface area contributed by atoms with Gasteiger partial charge in [-0.15, -0.1) is 0 Å². The number of benzene rings is 1. The fraction of sp³-hybridized carbons (Fsp3) is 0.429. The van der Waals surface area contributed by atoms with Crippen LogP contribution < -0.4 is 4.90 Å². The minimum Gasteiger partial charge on any atom is -0.381 e. The SMILES string of the molecule is CN(C)c1cccc(-c2nc([C@@H]3CCOC3)no2)c1. The van der Waals surface area contributed by atoms with Crippen LogP contribution in [-0.2, 0) is 4.74 Å². The van der Waals surface area contributed by atoms with E-state index in [1.165, 1.54) is 0 Å². The summed E-state index contributed by atoms with van der Waals surface area (Å²) in [5.41, 5.74) is 2.06. The quantitative estimate of drug-likeness (QED) is 0.846. The molecule has 1 aliphatic rings. The third kappa shape index (κ3) is 2.46. The summed E-state index contributed by atoms with van der Waals surface area (Å²) in [6, 6.07) is 8.07. The molecule has 0 bridgehead atoms. The minimum atomic E-state index is 0.273. The molecule has 1 aliphatic heterocycles. The molecule has 5 heteroatoms. The van der Waals surface area contributed by atoms with Gasteiger partial charge in [-0.1, -0.05) is 11.2 Å². The molecule has 100 valence electrons. The van der Waals surface area contributed by atoms with E-state index in [1.807, 2.05) is 43.3 Å². The van der Waals surface area contributed by atoms with E-state index in [1.54, 1.807) is 0 Å². The highest BCUT2D eigenvalue weighted by molar-refractivity contribution is 5.61. The minimum absolute atomic E-state index is 0.273. The molecular formula is C14H17N3O2. The lowest BCUT2D eigenvalue weighted by atomic mass is 10.1. The first-order valence-corrected chi connectivity index (χ1v) is 6.43. The zero-order valence-corrected chi connectivity index (χ0v) is 11.2. The summed E-state index contributed by atoms with van der Waals surface area (Å²) in [5, 5.41) is 4.07. The van der Waals surface area contributed by atoms with Crippen molar-refractivity contribution in [3.8, 4) is 11.5 Å². The summed E-state index contributed by atoms with van der Waals surface area (Å²) in [4.78, 5) is 6.53. The average molecular weight is 259 g/mol. The lowest BCUT2D eigenvalue weighted by Gasteiger charge is -2.12. The van der Waals surface area contributed by atoms with Gasteiger partial charge in [0.15, 0.2) is 5.82 Å². The topological polar surface area (TPSA) is 51.4 Å². The Morgan fingerprint density at radius 3 is 2.95 bits per heavy atom.